The molecular formula is C15H17O7PS2. The van der Waals surface area contributed by atoms with Crippen molar-refractivity contribution in [1.29, 1.82) is 0 Å². The van der Waals surface area contributed by atoms with Gasteiger partial charge in [0.1, 0.15) is 7.14 Å². The van der Waals surface area contributed by atoms with E-state index in [4.69, 9.17) is 0 Å². The summed E-state index contributed by atoms with van der Waals surface area (Å²) in [6.07, 6.45) is 0.653. The van der Waals surface area contributed by atoms with Gasteiger partial charge in [0.05, 0.1) is 9.79 Å². The molecule has 2 rings (SSSR count). The molecule has 0 radical (unpaired) electrons. The van der Waals surface area contributed by atoms with Crippen molar-refractivity contribution in [3.8, 4) is 0 Å². The summed E-state index contributed by atoms with van der Waals surface area (Å²) in [4.78, 5) is -0.792. The first kappa shape index (κ1) is 19.8. The smallest absolute Gasteiger partial charge is 0.294 e. The van der Waals surface area contributed by atoms with E-state index in [1.165, 1.54) is 36.4 Å². The zero-order valence-electron chi connectivity index (χ0n) is 13.2. The summed E-state index contributed by atoms with van der Waals surface area (Å²) in [5.41, 5.74) is 0. The van der Waals surface area contributed by atoms with Gasteiger partial charge in [0.15, 0.2) is 0 Å². The maximum atomic E-state index is 13.6. The SMILES string of the molecule is CCCP(=O)(c1cccc(S(=O)(=O)O)c1)c1cccc(S(=O)(=O)O)c1. The van der Waals surface area contributed by atoms with Crippen molar-refractivity contribution in [2.24, 2.45) is 0 Å². The van der Waals surface area contributed by atoms with Crippen LogP contribution in [0.15, 0.2) is 58.3 Å². The van der Waals surface area contributed by atoms with E-state index in [9.17, 15) is 30.5 Å². The number of hydrogen-bond donors (Lipinski definition) is 2. The fraction of sp³-hybridized carbons (Fsp3) is 0.200. The van der Waals surface area contributed by atoms with E-state index in [1.54, 1.807) is 6.92 Å². The lowest BCUT2D eigenvalue weighted by Crippen LogP contribution is -2.20. The Morgan fingerprint density at radius 3 is 1.56 bits per heavy atom. The summed E-state index contributed by atoms with van der Waals surface area (Å²) in [6, 6.07) is 10.2. The molecule has 0 unspecified atom stereocenters. The van der Waals surface area contributed by atoms with Crippen molar-refractivity contribution in [2.75, 3.05) is 6.16 Å². The van der Waals surface area contributed by atoms with Gasteiger partial charge in [-0.25, -0.2) is 0 Å². The molecule has 0 amide bonds. The molecule has 0 bridgehead atoms. The summed E-state index contributed by atoms with van der Waals surface area (Å²) in [7, 11) is -12.3. The van der Waals surface area contributed by atoms with Crippen molar-refractivity contribution in [2.45, 2.75) is 23.1 Å². The number of hydrogen-bond acceptors (Lipinski definition) is 5. The van der Waals surface area contributed by atoms with Gasteiger partial charge in [-0.3, -0.25) is 9.11 Å². The van der Waals surface area contributed by atoms with Crippen LogP contribution in [0.1, 0.15) is 13.3 Å². The maximum absolute atomic E-state index is 13.6. The third kappa shape index (κ3) is 4.37. The average Bonchev–Trinajstić information content (AvgIpc) is 2.54. The van der Waals surface area contributed by atoms with E-state index in [2.05, 4.69) is 0 Å². The molecule has 0 saturated carbocycles. The molecule has 0 fully saturated rings. The second kappa shape index (κ2) is 7.01. The molecule has 0 aliphatic heterocycles. The molecule has 0 saturated heterocycles. The van der Waals surface area contributed by atoms with Crippen LogP contribution in [0.5, 0.6) is 0 Å². The second-order valence-electron chi connectivity index (χ2n) is 5.41. The quantitative estimate of drug-likeness (QED) is 0.556. The largest absolute Gasteiger partial charge is 0.314 e. The molecule has 7 nitrogen and oxygen atoms in total. The lowest BCUT2D eigenvalue weighted by Gasteiger charge is -2.19. The number of rotatable bonds is 6. The zero-order chi connectivity index (χ0) is 18.9. The van der Waals surface area contributed by atoms with Crippen LogP contribution in [0.25, 0.3) is 0 Å². The average molecular weight is 404 g/mol. The first-order valence-corrected chi connectivity index (χ1v) is 12.0. The maximum Gasteiger partial charge on any atom is 0.294 e. The van der Waals surface area contributed by atoms with Crippen LogP contribution < -0.4 is 10.6 Å². The Kier molecular flexibility index (Phi) is 5.56. The minimum absolute atomic E-state index is 0.164. The van der Waals surface area contributed by atoms with E-state index in [0.29, 0.717) is 6.42 Å². The van der Waals surface area contributed by atoms with Crippen molar-refractivity contribution in [1.82, 2.24) is 0 Å². The summed E-state index contributed by atoms with van der Waals surface area (Å²) in [6.45, 7) is 1.78. The van der Waals surface area contributed by atoms with Gasteiger partial charge in [-0.15, -0.1) is 0 Å². The fourth-order valence-electron chi connectivity index (χ4n) is 2.46. The van der Waals surface area contributed by atoms with E-state index in [1.807, 2.05) is 0 Å². The Morgan fingerprint density at radius 1 is 0.840 bits per heavy atom. The van der Waals surface area contributed by atoms with Crippen molar-refractivity contribution < 1.29 is 30.5 Å². The Morgan fingerprint density at radius 2 is 1.24 bits per heavy atom. The standard InChI is InChI=1S/C15H17O7PS2/c1-2-9-23(16,12-5-3-7-14(10-12)24(17,18)19)13-6-4-8-15(11-13)25(20,21)22/h3-8,10-11H,2,9H2,1H3,(H,17,18,19)(H,20,21,22). The van der Waals surface area contributed by atoms with Crippen molar-refractivity contribution >= 4 is 38.0 Å². The summed E-state index contributed by atoms with van der Waals surface area (Å²) in [5.74, 6) is 0. The lowest BCUT2D eigenvalue weighted by atomic mass is 10.4. The van der Waals surface area contributed by atoms with Crippen LogP contribution in [-0.2, 0) is 24.8 Å². The van der Waals surface area contributed by atoms with Crippen LogP contribution in [0.3, 0.4) is 0 Å². The minimum atomic E-state index is -4.47. The lowest BCUT2D eigenvalue weighted by molar-refractivity contribution is 0.481. The molecule has 0 atom stereocenters. The molecule has 2 aromatic carbocycles. The molecule has 25 heavy (non-hydrogen) atoms. The molecule has 0 aliphatic rings. The topological polar surface area (TPSA) is 126 Å². The normalized spacial score (nSPS) is 12.9. The Bertz CT molecular complexity index is 964. The predicted octanol–water partition coefficient (Wildman–Crippen LogP) is 1.90. The van der Waals surface area contributed by atoms with E-state index in [-0.39, 0.29) is 16.8 Å². The van der Waals surface area contributed by atoms with E-state index < -0.39 is 37.2 Å². The summed E-state index contributed by atoms with van der Waals surface area (Å²) in [5, 5.41) is 0.355. The molecule has 0 aromatic heterocycles. The minimum Gasteiger partial charge on any atom is -0.314 e. The number of benzene rings is 2. The van der Waals surface area contributed by atoms with Gasteiger partial charge in [-0.05, 0) is 30.7 Å². The summed E-state index contributed by atoms with van der Waals surface area (Å²) >= 11 is 0. The third-order valence-corrected chi connectivity index (χ3v) is 8.60. The van der Waals surface area contributed by atoms with Gasteiger partial charge in [0, 0.05) is 16.8 Å². The van der Waals surface area contributed by atoms with Gasteiger partial charge in [-0.1, -0.05) is 31.2 Å². The molecule has 136 valence electrons. The highest BCUT2D eigenvalue weighted by Crippen LogP contribution is 2.44. The highest BCUT2D eigenvalue weighted by molar-refractivity contribution is 7.86. The molecule has 0 heterocycles. The fourth-order valence-corrected chi connectivity index (χ4v) is 6.48. The Labute approximate surface area is 146 Å². The van der Waals surface area contributed by atoms with Crippen LogP contribution in [0.4, 0.5) is 0 Å². The van der Waals surface area contributed by atoms with Gasteiger partial charge >= 0.3 is 0 Å². The van der Waals surface area contributed by atoms with Crippen LogP contribution in [0.2, 0.25) is 0 Å². The zero-order valence-corrected chi connectivity index (χ0v) is 15.8. The molecular weight excluding hydrogens is 387 g/mol. The molecule has 0 aliphatic carbocycles. The predicted molar refractivity (Wildman–Crippen MR) is 94.5 cm³/mol. The van der Waals surface area contributed by atoms with E-state index >= 15 is 0 Å². The highest BCUT2D eigenvalue weighted by atomic mass is 32.2. The third-order valence-electron chi connectivity index (χ3n) is 3.60. The van der Waals surface area contributed by atoms with E-state index in [0.717, 1.165) is 12.1 Å². The second-order valence-corrected chi connectivity index (χ2v) is 11.2. The van der Waals surface area contributed by atoms with Gasteiger partial charge < -0.3 is 4.57 Å². The Hall–Kier alpha value is -1.51. The first-order valence-electron chi connectivity index (χ1n) is 7.24. The summed E-state index contributed by atoms with van der Waals surface area (Å²) < 4.78 is 77.4. The van der Waals surface area contributed by atoms with Crippen LogP contribution in [0, 0.1) is 0 Å². The molecule has 0 spiro atoms. The highest BCUT2D eigenvalue weighted by Gasteiger charge is 2.28. The van der Waals surface area contributed by atoms with Crippen molar-refractivity contribution in [3.05, 3.63) is 48.5 Å². The monoisotopic (exact) mass is 404 g/mol. The van der Waals surface area contributed by atoms with Gasteiger partial charge in [0.2, 0.25) is 0 Å². The van der Waals surface area contributed by atoms with Crippen LogP contribution >= 0.6 is 7.14 Å². The van der Waals surface area contributed by atoms with Crippen molar-refractivity contribution in [3.63, 3.8) is 0 Å². The molecule has 2 aromatic rings. The Balaban J connectivity index is 2.71. The van der Waals surface area contributed by atoms with Crippen LogP contribution in [-0.4, -0.2) is 32.1 Å². The van der Waals surface area contributed by atoms with Gasteiger partial charge in [-0.2, -0.15) is 16.8 Å². The molecule has 2 N–H and O–H groups in total. The van der Waals surface area contributed by atoms with Gasteiger partial charge in [0.25, 0.3) is 20.2 Å². The molecule has 10 heteroatoms. The first-order chi connectivity index (χ1) is 11.5.